The van der Waals surface area contributed by atoms with Crippen molar-refractivity contribution in [2.24, 2.45) is 0 Å². The SMILES string of the molecule is CC1(C)OB(c2ccc(C(OC(=O)O)c3ccc([N+](=O)[O-])cc3)cc2)OC1(C)C. The third-order valence-electron chi connectivity index (χ3n) is 5.39. The van der Waals surface area contributed by atoms with Gasteiger partial charge in [0.15, 0.2) is 6.10 Å². The summed E-state index contributed by atoms with van der Waals surface area (Å²) < 4.78 is 17.1. The first kappa shape index (κ1) is 20.8. The molecular weight excluding hydrogens is 377 g/mol. The largest absolute Gasteiger partial charge is 0.506 e. The Morgan fingerprint density at radius 1 is 1.00 bits per heavy atom. The fourth-order valence-corrected chi connectivity index (χ4v) is 3.01. The molecule has 0 radical (unpaired) electrons. The monoisotopic (exact) mass is 399 g/mol. The third kappa shape index (κ3) is 4.25. The number of carbonyl (C=O) groups is 1. The van der Waals surface area contributed by atoms with Crippen LogP contribution in [0.2, 0.25) is 0 Å². The zero-order valence-corrected chi connectivity index (χ0v) is 16.6. The second-order valence-corrected chi connectivity index (χ2v) is 7.87. The normalized spacial score (nSPS) is 18.3. The summed E-state index contributed by atoms with van der Waals surface area (Å²) in [4.78, 5) is 21.5. The van der Waals surface area contributed by atoms with E-state index in [0.29, 0.717) is 11.1 Å². The number of nitrogens with zero attached hydrogens (tertiary/aromatic N) is 1. The maximum atomic E-state index is 11.2. The molecule has 1 saturated heterocycles. The minimum absolute atomic E-state index is 0.0843. The number of non-ortho nitro benzene ring substituents is 1. The van der Waals surface area contributed by atoms with Gasteiger partial charge in [0.2, 0.25) is 0 Å². The van der Waals surface area contributed by atoms with Crippen LogP contribution in [-0.2, 0) is 14.0 Å². The number of hydrogen-bond acceptors (Lipinski definition) is 6. The lowest BCUT2D eigenvalue weighted by Gasteiger charge is -2.32. The summed E-state index contributed by atoms with van der Waals surface area (Å²) in [6.07, 6.45) is -2.36. The van der Waals surface area contributed by atoms with Crippen molar-refractivity contribution in [1.29, 1.82) is 0 Å². The highest BCUT2D eigenvalue weighted by atomic mass is 16.7. The molecule has 0 aliphatic carbocycles. The minimum Gasteiger partial charge on any atom is -0.450 e. The standard InChI is InChI=1S/C20H22BNO7/c1-19(2)20(3,4)29-21(28-19)15-9-5-13(6-10-15)17(27-18(23)24)14-7-11-16(12-8-14)22(25)26/h5-12,17H,1-4H3,(H,23,24). The molecule has 3 rings (SSSR count). The number of ether oxygens (including phenoxy) is 1. The first-order chi connectivity index (χ1) is 13.5. The van der Waals surface area contributed by atoms with Crippen molar-refractivity contribution in [3.05, 3.63) is 69.8 Å². The van der Waals surface area contributed by atoms with E-state index in [1.807, 2.05) is 27.7 Å². The number of hydrogen-bond donors (Lipinski definition) is 1. The zero-order chi connectivity index (χ0) is 21.4. The Hall–Kier alpha value is -2.91. The van der Waals surface area contributed by atoms with Gasteiger partial charge in [0.05, 0.1) is 16.1 Å². The van der Waals surface area contributed by atoms with Crippen LogP contribution in [0.3, 0.4) is 0 Å². The number of benzene rings is 2. The highest BCUT2D eigenvalue weighted by Crippen LogP contribution is 2.36. The van der Waals surface area contributed by atoms with Crippen LogP contribution in [0.4, 0.5) is 10.5 Å². The van der Waals surface area contributed by atoms with Gasteiger partial charge in [0.1, 0.15) is 0 Å². The van der Waals surface area contributed by atoms with Gasteiger partial charge in [-0.25, -0.2) is 4.79 Å². The summed E-state index contributed by atoms with van der Waals surface area (Å²) in [5.74, 6) is 0. The molecule has 1 heterocycles. The molecule has 0 saturated carbocycles. The first-order valence-corrected chi connectivity index (χ1v) is 9.09. The quantitative estimate of drug-likeness (QED) is 0.354. The van der Waals surface area contributed by atoms with Gasteiger partial charge in [-0.2, -0.15) is 0 Å². The lowest BCUT2D eigenvalue weighted by atomic mass is 9.78. The summed E-state index contributed by atoms with van der Waals surface area (Å²) in [7, 11) is -0.535. The van der Waals surface area contributed by atoms with Crippen molar-refractivity contribution in [3.63, 3.8) is 0 Å². The lowest BCUT2D eigenvalue weighted by Crippen LogP contribution is -2.41. The Bertz CT molecular complexity index is 893. The predicted molar refractivity (Wildman–Crippen MR) is 106 cm³/mol. The predicted octanol–water partition coefficient (Wildman–Crippen LogP) is 3.68. The molecule has 1 atom stereocenters. The number of nitro groups is 1. The zero-order valence-electron chi connectivity index (χ0n) is 16.6. The van der Waals surface area contributed by atoms with E-state index in [9.17, 15) is 14.9 Å². The highest BCUT2D eigenvalue weighted by Gasteiger charge is 2.51. The van der Waals surface area contributed by atoms with Crippen molar-refractivity contribution in [2.75, 3.05) is 0 Å². The van der Waals surface area contributed by atoms with Gasteiger partial charge in [0.25, 0.3) is 5.69 Å². The molecule has 9 heteroatoms. The van der Waals surface area contributed by atoms with Gasteiger partial charge in [-0.3, -0.25) is 10.1 Å². The lowest BCUT2D eigenvalue weighted by molar-refractivity contribution is -0.384. The molecule has 1 fully saturated rings. The van der Waals surface area contributed by atoms with E-state index in [-0.39, 0.29) is 5.69 Å². The number of nitro benzene ring substituents is 1. The van der Waals surface area contributed by atoms with Crippen molar-refractivity contribution in [3.8, 4) is 0 Å². The van der Waals surface area contributed by atoms with Gasteiger partial charge in [0, 0.05) is 12.1 Å². The van der Waals surface area contributed by atoms with Crippen molar-refractivity contribution in [1.82, 2.24) is 0 Å². The van der Waals surface area contributed by atoms with Gasteiger partial charge >= 0.3 is 13.3 Å². The van der Waals surface area contributed by atoms with Crippen molar-refractivity contribution >= 4 is 24.4 Å². The molecule has 0 aromatic heterocycles. The maximum absolute atomic E-state index is 11.2. The van der Waals surface area contributed by atoms with Crippen LogP contribution in [0.15, 0.2) is 48.5 Å². The summed E-state index contributed by atoms with van der Waals surface area (Å²) in [5.41, 5.74) is 0.848. The number of rotatable bonds is 5. The molecule has 1 unspecified atom stereocenters. The summed E-state index contributed by atoms with van der Waals surface area (Å²) in [6, 6.07) is 12.6. The van der Waals surface area contributed by atoms with Gasteiger partial charge in [-0.15, -0.1) is 0 Å². The second kappa shape index (κ2) is 7.49. The van der Waals surface area contributed by atoms with E-state index < -0.39 is 35.5 Å². The molecule has 29 heavy (non-hydrogen) atoms. The molecule has 8 nitrogen and oxygen atoms in total. The van der Waals surface area contributed by atoms with Gasteiger partial charge in [-0.1, -0.05) is 24.3 Å². The Morgan fingerprint density at radius 3 is 1.86 bits per heavy atom. The van der Waals surface area contributed by atoms with Crippen LogP contribution >= 0.6 is 0 Å². The van der Waals surface area contributed by atoms with E-state index in [1.165, 1.54) is 24.3 Å². The van der Waals surface area contributed by atoms with Crippen LogP contribution in [0.5, 0.6) is 0 Å². The van der Waals surface area contributed by atoms with E-state index in [4.69, 9.17) is 19.2 Å². The van der Waals surface area contributed by atoms with E-state index in [2.05, 4.69) is 0 Å². The first-order valence-electron chi connectivity index (χ1n) is 9.09. The molecule has 1 aliphatic heterocycles. The summed E-state index contributed by atoms with van der Waals surface area (Å²) in [6.45, 7) is 7.86. The maximum Gasteiger partial charge on any atom is 0.506 e. The van der Waals surface area contributed by atoms with E-state index in [1.54, 1.807) is 24.3 Å². The topological polar surface area (TPSA) is 108 Å². The molecule has 1 aliphatic rings. The fourth-order valence-electron chi connectivity index (χ4n) is 3.01. The molecule has 2 aromatic carbocycles. The Balaban J connectivity index is 1.86. The van der Waals surface area contributed by atoms with Crippen LogP contribution < -0.4 is 5.46 Å². The van der Waals surface area contributed by atoms with Crippen LogP contribution in [-0.4, -0.2) is 34.5 Å². The third-order valence-corrected chi connectivity index (χ3v) is 5.39. The van der Waals surface area contributed by atoms with Gasteiger partial charge in [-0.05, 0) is 56.4 Å². The van der Waals surface area contributed by atoms with Crippen LogP contribution in [0.1, 0.15) is 44.9 Å². The molecule has 0 amide bonds. The second-order valence-electron chi connectivity index (χ2n) is 7.87. The van der Waals surface area contributed by atoms with Gasteiger partial charge < -0.3 is 19.2 Å². The average Bonchev–Trinajstić information content (AvgIpc) is 2.87. The molecule has 152 valence electrons. The average molecular weight is 399 g/mol. The Labute approximate surface area is 168 Å². The summed E-state index contributed by atoms with van der Waals surface area (Å²) in [5, 5.41) is 20.0. The Kier molecular flexibility index (Phi) is 5.38. The van der Waals surface area contributed by atoms with Crippen molar-refractivity contribution in [2.45, 2.75) is 45.0 Å². The Morgan fingerprint density at radius 2 is 1.45 bits per heavy atom. The van der Waals surface area contributed by atoms with E-state index >= 15 is 0 Å². The molecule has 0 bridgehead atoms. The molecular formula is C20H22BNO7. The number of carboxylic acid groups (broad SMARTS) is 1. The fraction of sp³-hybridized carbons (Fsp3) is 0.350. The highest BCUT2D eigenvalue weighted by molar-refractivity contribution is 6.62. The molecule has 2 aromatic rings. The van der Waals surface area contributed by atoms with Crippen LogP contribution in [0.25, 0.3) is 0 Å². The smallest absolute Gasteiger partial charge is 0.450 e. The van der Waals surface area contributed by atoms with Crippen LogP contribution in [0, 0.1) is 10.1 Å². The van der Waals surface area contributed by atoms with Crippen molar-refractivity contribution < 1.29 is 28.9 Å². The minimum atomic E-state index is -1.44. The summed E-state index contributed by atoms with van der Waals surface area (Å²) >= 11 is 0. The van der Waals surface area contributed by atoms with E-state index in [0.717, 1.165) is 5.46 Å². The molecule has 1 N–H and O–H groups in total. The molecule has 0 spiro atoms.